The topological polar surface area (TPSA) is 68.0 Å². The van der Waals surface area contributed by atoms with E-state index in [0.29, 0.717) is 17.3 Å². The summed E-state index contributed by atoms with van der Waals surface area (Å²) >= 11 is 5.80. The zero-order chi connectivity index (χ0) is 10.4. The Morgan fingerprint density at radius 3 is 3.14 bits per heavy atom. The van der Waals surface area contributed by atoms with Gasteiger partial charge in [0.1, 0.15) is 0 Å². The van der Waals surface area contributed by atoms with Crippen molar-refractivity contribution in [3.05, 3.63) is 35.6 Å². The number of carbonyl (C=O) groups excluding carboxylic acids is 1. The molecule has 1 amide bonds. The number of rotatable bonds is 3. The molecule has 0 spiro atoms. The molecule has 0 radical (unpaired) electrons. The first-order chi connectivity index (χ1) is 6.74. The van der Waals surface area contributed by atoms with E-state index in [1.165, 1.54) is 12.3 Å². The van der Waals surface area contributed by atoms with E-state index < -0.39 is 0 Å². The molecule has 0 aliphatic heterocycles. The standard InChI is InChI=1S/C9H10ClN3O/c10-7-3-5-12-6-8(7)13-9(14)2-1-4-11/h1-3,5-6H,4,11H2,(H,13,14)/b2-1+. The van der Waals surface area contributed by atoms with Gasteiger partial charge in [-0.25, -0.2) is 0 Å². The molecule has 0 bridgehead atoms. The van der Waals surface area contributed by atoms with Gasteiger partial charge in [0.25, 0.3) is 0 Å². The summed E-state index contributed by atoms with van der Waals surface area (Å²) < 4.78 is 0. The molecule has 0 atom stereocenters. The molecule has 4 nitrogen and oxygen atoms in total. The van der Waals surface area contributed by atoms with Crippen LogP contribution in [0.2, 0.25) is 5.02 Å². The maximum atomic E-state index is 11.2. The highest BCUT2D eigenvalue weighted by molar-refractivity contribution is 6.33. The Morgan fingerprint density at radius 2 is 2.50 bits per heavy atom. The Bertz CT molecular complexity index is 352. The molecule has 0 aliphatic carbocycles. The number of amides is 1. The molecular formula is C9H10ClN3O. The van der Waals surface area contributed by atoms with Gasteiger partial charge in [-0.15, -0.1) is 0 Å². The van der Waals surface area contributed by atoms with Crippen molar-refractivity contribution in [1.29, 1.82) is 0 Å². The summed E-state index contributed by atoms with van der Waals surface area (Å²) in [4.78, 5) is 15.0. The van der Waals surface area contributed by atoms with Crippen molar-refractivity contribution in [3.63, 3.8) is 0 Å². The van der Waals surface area contributed by atoms with Crippen LogP contribution >= 0.6 is 11.6 Å². The van der Waals surface area contributed by atoms with E-state index in [-0.39, 0.29) is 5.91 Å². The smallest absolute Gasteiger partial charge is 0.248 e. The van der Waals surface area contributed by atoms with Gasteiger partial charge >= 0.3 is 0 Å². The molecule has 0 saturated heterocycles. The summed E-state index contributed by atoms with van der Waals surface area (Å²) in [5.74, 6) is -0.273. The van der Waals surface area contributed by atoms with Crippen LogP contribution in [0.3, 0.4) is 0 Å². The molecule has 14 heavy (non-hydrogen) atoms. The number of anilines is 1. The van der Waals surface area contributed by atoms with Crippen molar-refractivity contribution in [2.45, 2.75) is 0 Å². The monoisotopic (exact) mass is 211 g/mol. The molecule has 0 aromatic carbocycles. The first kappa shape index (κ1) is 10.7. The number of hydrogen-bond acceptors (Lipinski definition) is 3. The van der Waals surface area contributed by atoms with Crippen molar-refractivity contribution < 1.29 is 4.79 Å². The molecule has 3 N–H and O–H groups in total. The van der Waals surface area contributed by atoms with Crippen molar-refractivity contribution in [3.8, 4) is 0 Å². The first-order valence-corrected chi connectivity index (χ1v) is 4.39. The minimum Gasteiger partial charge on any atom is -0.327 e. The lowest BCUT2D eigenvalue weighted by Crippen LogP contribution is -2.09. The van der Waals surface area contributed by atoms with Crippen LogP contribution in [0.1, 0.15) is 0 Å². The van der Waals surface area contributed by atoms with Gasteiger partial charge < -0.3 is 11.1 Å². The van der Waals surface area contributed by atoms with Crippen LogP contribution in [0.4, 0.5) is 5.69 Å². The van der Waals surface area contributed by atoms with E-state index in [1.54, 1.807) is 18.3 Å². The largest absolute Gasteiger partial charge is 0.327 e. The number of carbonyl (C=O) groups is 1. The van der Waals surface area contributed by atoms with Crippen LogP contribution < -0.4 is 11.1 Å². The van der Waals surface area contributed by atoms with Crippen LogP contribution in [0.15, 0.2) is 30.6 Å². The minimum atomic E-state index is -0.273. The number of aromatic nitrogens is 1. The van der Waals surface area contributed by atoms with Crippen LogP contribution in [0, 0.1) is 0 Å². The third-order valence-electron chi connectivity index (χ3n) is 1.43. The van der Waals surface area contributed by atoms with E-state index in [9.17, 15) is 4.79 Å². The van der Waals surface area contributed by atoms with E-state index in [0.717, 1.165) is 0 Å². The summed E-state index contributed by atoms with van der Waals surface area (Å²) in [6.45, 7) is 0.328. The van der Waals surface area contributed by atoms with Gasteiger partial charge in [0, 0.05) is 18.8 Å². The second-order valence-electron chi connectivity index (χ2n) is 2.48. The molecule has 1 aromatic rings. The molecule has 5 heteroatoms. The van der Waals surface area contributed by atoms with Crippen molar-refractivity contribution >= 4 is 23.2 Å². The highest BCUT2D eigenvalue weighted by Crippen LogP contribution is 2.18. The Kier molecular flexibility index (Phi) is 4.10. The molecular weight excluding hydrogens is 202 g/mol. The highest BCUT2D eigenvalue weighted by Gasteiger charge is 2.01. The molecule has 0 saturated carbocycles. The second-order valence-corrected chi connectivity index (χ2v) is 2.89. The van der Waals surface area contributed by atoms with Gasteiger partial charge in [0.2, 0.25) is 5.91 Å². The molecule has 74 valence electrons. The first-order valence-electron chi connectivity index (χ1n) is 4.01. The van der Waals surface area contributed by atoms with Crippen molar-refractivity contribution in [1.82, 2.24) is 4.98 Å². The van der Waals surface area contributed by atoms with Crippen LogP contribution in [0.5, 0.6) is 0 Å². The van der Waals surface area contributed by atoms with Crippen LogP contribution in [0.25, 0.3) is 0 Å². The zero-order valence-corrected chi connectivity index (χ0v) is 8.16. The lowest BCUT2D eigenvalue weighted by atomic mass is 10.4. The van der Waals surface area contributed by atoms with Gasteiger partial charge in [0.05, 0.1) is 16.9 Å². The minimum absolute atomic E-state index is 0.273. The second kappa shape index (κ2) is 5.36. The number of nitrogens with zero attached hydrogens (tertiary/aromatic N) is 1. The van der Waals surface area contributed by atoms with Crippen molar-refractivity contribution in [2.75, 3.05) is 11.9 Å². The predicted octanol–water partition coefficient (Wildman–Crippen LogP) is 1.19. The summed E-state index contributed by atoms with van der Waals surface area (Å²) in [5, 5.41) is 3.02. The fraction of sp³-hybridized carbons (Fsp3) is 0.111. The van der Waals surface area contributed by atoms with Crippen molar-refractivity contribution in [2.24, 2.45) is 5.73 Å². The molecule has 0 fully saturated rings. The van der Waals surface area contributed by atoms with Gasteiger partial charge in [0.15, 0.2) is 0 Å². The van der Waals surface area contributed by atoms with Crippen LogP contribution in [-0.4, -0.2) is 17.4 Å². The van der Waals surface area contributed by atoms with Gasteiger partial charge in [-0.3, -0.25) is 9.78 Å². The fourth-order valence-electron chi connectivity index (χ4n) is 0.819. The summed E-state index contributed by atoms with van der Waals surface area (Å²) in [5.41, 5.74) is 5.68. The summed E-state index contributed by atoms with van der Waals surface area (Å²) in [6.07, 6.45) is 5.94. The molecule has 1 rings (SSSR count). The van der Waals surface area contributed by atoms with E-state index in [4.69, 9.17) is 17.3 Å². The highest BCUT2D eigenvalue weighted by atomic mass is 35.5. The lowest BCUT2D eigenvalue weighted by molar-refractivity contribution is -0.111. The van der Waals surface area contributed by atoms with Gasteiger partial charge in [-0.2, -0.15) is 0 Å². The quantitative estimate of drug-likeness (QED) is 0.738. The van der Waals surface area contributed by atoms with E-state index in [2.05, 4.69) is 10.3 Å². The Labute approximate surface area is 86.8 Å². The summed E-state index contributed by atoms with van der Waals surface area (Å²) in [6, 6.07) is 1.60. The number of nitrogens with one attached hydrogen (secondary N) is 1. The average Bonchev–Trinajstić information content (AvgIpc) is 2.18. The number of hydrogen-bond donors (Lipinski definition) is 2. The third kappa shape index (κ3) is 3.16. The Morgan fingerprint density at radius 1 is 1.71 bits per heavy atom. The molecule has 0 unspecified atom stereocenters. The van der Waals surface area contributed by atoms with E-state index in [1.807, 2.05) is 0 Å². The molecule has 0 aliphatic rings. The van der Waals surface area contributed by atoms with Gasteiger partial charge in [-0.05, 0) is 6.07 Å². The lowest BCUT2D eigenvalue weighted by Gasteiger charge is -2.02. The molecule has 1 heterocycles. The number of pyridine rings is 1. The fourth-order valence-corrected chi connectivity index (χ4v) is 0.971. The SMILES string of the molecule is NC/C=C/C(=O)Nc1cnccc1Cl. The van der Waals surface area contributed by atoms with Gasteiger partial charge in [-0.1, -0.05) is 17.7 Å². The van der Waals surface area contributed by atoms with Crippen LogP contribution in [-0.2, 0) is 4.79 Å². The zero-order valence-electron chi connectivity index (χ0n) is 7.40. The normalized spacial score (nSPS) is 10.4. The maximum absolute atomic E-state index is 11.2. The predicted molar refractivity (Wildman–Crippen MR) is 56.1 cm³/mol. The average molecular weight is 212 g/mol. The number of halogens is 1. The number of nitrogens with two attached hydrogens (primary N) is 1. The summed E-state index contributed by atoms with van der Waals surface area (Å²) in [7, 11) is 0. The maximum Gasteiger partial charge on any atom is 0.248 e. The Hall–Kier alpha value is -1.39. The third-order valence-corrected chi connectivity index (χ3v) is 1.76. The molecule has 1 aromatic heterocycles. The van der Waals surface area contributed by atoms with E-state index >= 15 is 0 Å². The Balaban J connectivity index is 2.65.